The van der Waals surface area contributed by atoms with E-state index >= 15 is 0 Å². The molecule has 2 aliphatic heterocycles. The molecule has 0 unspecified atom stereocenters. The van der Waals surface area contributed by atoms with E-state index in [0.717, 1.165) is 12.1 Å². The molecule has 4 N–H and O–H groups in total. The van der Waals surface area contributed by atoms with Crippen molar-refractivity contribution >= 4 is 55.3 Å². The van der Waals surface area contributed by atoms with Crippen molar-refractivity contribution in [3.63, 3.8) is 0 Å². The minimum atomic E-state index is -4.44. The minimum absolute atomic E-state index is 0.125. The van der Waals surface area contributed by atoms with Gasteiger partial charge in [-0.2, -0.15) is 16.8 Å². The van der Waals surface area contributed by atoms with Crippen molar-refractivity contribution in [3.05, 3.63) is 94.3 Å². The molecule has 3 aromatic rings. The second-order valence-corrected chi connectivity index (χ2v) is 10.9. The molecule has 12 heteroatoms. The summed E-state index contributed by atoms with van der Waals surface area (Å²) < 4.78 is 63.8. The molecular formula is C24H16N2O8S2. The van der Waals surface area contributed by atoms with Crippen LogP contribution in [0, 0.1) is 0 Å². The van der Waals surface area contributed by atoms with Crippen LogP contribution in [0.5, 0.6) is 0 Å². The molecule has 3 aromatic carbocycles. The zero-order chi connectivity index (χ0) is 25.8. The number of hydrogen-bond donors (Lipinski definition) is 4. The number of carbonyl (C=O) groups excluding carboxylic acids is 2. The highest BCUT2D eigenvalue weighted by Gasteiger charge is 2.28. The van der Waals surface area contributed by atoms with Crippen molar-refractivity contribution < 1.29 is 35.5 Å². The summed E-state index contributed by atoms with van der Waals surface area (Å²) in [5.74, 6) is -0.853. The molecule has 0 aliphatic carbocycles. The van der Waals surface area contributed by atoms with Crippen LogP contribution in [0.15, 0.2) is 81.8 Å². The third-order valence-corrected chi connectivity index (χ3v) is 7.35. The zero-order valence-electron chi connectivity index (χ0n) is 18.1. The highest BCUT2D eigenvalue weighted by atomic mass is 32.2. The summed E-state index contributed by atoms with van der Waals surface area (Å²) in [6.07, 6.45) is 3.16. The van der Waals surface area contributed by atoms with Gasteiger partial charge in [-0.25, -0.2) is 0 Å². The molecule has 0 bridgehead atoms. The van der Waals surface area contributed by atoms with Gasteiger partial charge in [0, 0.05) is 22.5 Å². The summed E-state index contributed by atoms with van der Waals surface area (Å²) in [7, 11) is -8.88. The van der Waals surface area contributed by atoms with Gasteiger partial charge in [0.15, 0.2) is 0 Å². The number of rotatable bonds is 4. The van der Waals surface area contributed by atoms with Gasteiger partial charge in [-0.3, -0.25) is 18.7 Å². The van der Waals surface area contributed by atoms with Crippen LogP contribution in [0.2, 0.25) is 0 Å². The fourth-order valence-corrected chi connectivity index (χ4v) is 4.89. The Balaban J connectivity index is 1.36. The average Bonchev–Trinajstić information content (AvgIpc) is 3.29. The van der Waals surface area contributed by atoms with E-state index in [2.05, 4.69) is 10.6 Å². The number of benzene rings is 3. The summed E-state index contributed by atoms with van der Waals surface area (Å²) in [4.78, 5) is 24.6. The fourth-order valence-electron chi connectivity index (χ4n) is 3.88. The Morgan fingerprint density at radius 3 is 1.28 bits per heavy atom. The maximum atomic E-state index is 12.7. The topological polar surface area (TPSA) is 167 Å². The SMILES string of the molecule is O=C1/C(=C/c2ccc(/C=C3\Nc4ccc(S(=O)(=O)O)cc4C3=O)cc2)Nc2ccc(S(=O)(=O)O)cc21. The molecule has 0 saturated carbocycles. The molecule has 0 fully saturated rings. The van der Waals surface area contributed by atoms with Gasteiger partial charge in [0.05, 0.1) is 21.2 Å². The predicted octanol–water partition coefficient (Wildman–Crippen LogP) is 3.48. The van der Waals surface area contributed by atoms with Gasteiger partial charge >= 0.3 is 0 Å². The first-order chi connectivity index (χ1) is 16.9. The first kappa shape index (κ1) is 23.6. The second-order valence-electron chi connectivity index (χ2n) is 8.06. The molecule has 0 amide bonds. The van der Waals surface area contributed by atoms with Gasteiger partial charge in [-0.15, -0.1) is 0 Å². The lowest BCUT2D eigenvalue weighted by atomic mass is 10.1. The molecule has 36 heavy (non-hydrogen) atoms. The van der Waals surface area contributed by atoms with Gasteiger partial charge in [0.25, 0.3) is 20.2 Å². The summed E-state index contributed by atoms with van der Waals surface area (Å²) in [6.45, 7) is 0. The van der Waals surface area contributed by atoms with Crippen molar-refractivity contribution in [2.45, 2.75) is 9.79 Å². The van der Waals surface area contributed by atoms with Crippen LogP contribution in [0.3, 0.4) is 0 Å². The van der Waals surface area contributed by atoms with Crippen LogP contribution in [0.25, 0.3) is 12.2 Å². The number of Topliss-reactive ketones (excluding diaryl/α,β-unsaturated/α-hetero) is 2. The van der Waals surface area contributed by atoms with Gasteiger partial charge < -0.3 is 10.6 Å². The van der Waals surface area contributed by atoms with Crippen LogP contribution in [-0.2, 0) is 20.2 Å². The van der Waals surface area contributed by atoms with Gasteiger partial charge in [-0.05, 0) is 59.7 Å². The van der Waals surface area contributed by atoms with E-state index in [1.165, 1.54) is 24.3 Å². The summed E-state index contributed by atoms with van der Waals surface area (Å²) in [5, 5.41) is 5.85. The van der Waals surface area contributed by atoms with Crippen molar-refractivity contribution in [3.8, 4) is 0 Å². The normalized spacial score (nSPS) is 17.2. The van der Waals surface area contributed by atoms with Crippen LogP contribution >= 0.6 is 0 Å². The number of hydrogen-bond acceptors (Lipinski definition) is 8. The van der Waals surface area contributed by atoms with E-state index in [-0.39, 0.29) is 32.3 Å². The molecule has 10 nitrogen and oxygen atoms in total. The molecule has 0 saturated heterocycles. The van der Waals surface area contributed by atoms with Crippen LogP contribution < -0.4 is 10.6 Å². The molecule has 182 valence electrons. The lowest BCUT2D eigenvalue weighted by Crippen LogP contribution is -2.01. The van der Waals surface area contributed by atoms with E-state index in [9.17, 15) is 35.5 Å². The van der Waals surface area contributed by atoms with Crippen molar-refractivity contribution in [1.82, 2.24) is 0 Å². The lowest BCUT2D eigenvalue weighted by Gasteiger charge is -2.02. The van der Waals surface area contributed by atoms with Crippen LogP contribution in [0.4, 0.5) is 11.4 Å². The van der Waals surface area contributed by atoms with E-state index in [4.69, 9.17) is 0 Å². The standard InChI is InChI=1S/C24H16N2O8S2/c27-23-17-11-15(35(29,30)31)5-7-19(17)25-21(23)9-13-1-2-14(4-3-13)10-22-24(28)18-12-16(36(32,33)34)6-8-20(18)26-22/h1-12,25-26H,(H,29,30,31)(H,32,33,34)/b21-9-,22-10-. The highest BCUT2D eigenvalue weighted by molar-refractivity contribution is 7.86. The molecule has 0 aromatic heterocycles. The smallest absolute Gasteiger partial charge is 0.294 e. The van der Waals surface area contributed by atoms with Crippen LogP contribution in [-0.4, -0.2) is 37.5 Å². The summed E-state index contributed by atoms with van der Waals surface area (Å²) in [6, 6.07) is 14.3. The fraction of sp³-hybridized carbons (Fsp3) is 0. The highest BCUT2D eigenvalue weighted by Crippen LogP contribution is 2.32. The quantitative estimate of drug-likeness (QED) is 0.293. The van der Waals surface area contributed by atoms with Crippen molar-refractivity contribution in [1.29, 1.82) is 0 Å². The average molecular weight is 525 g/mol. The largest absolute Gasteiger partial charge is 0.352 e. The number of anilines is 2. The van der Waals surface area contributed by atoms with Gasteiger partial charge in [0.1, 0.15) is 0 Å². The van der Waals surface area contributed by atoms with Gasteiger partial charge in [0.2, 0.25) is 11.6 Å². The monoisotopic (exact) mass is 524 g/mol. The Bertz CT molecular complexity index is 1620. The third-order valence-electron chi connectivity index (χ3n) is 5.65. The molecule has 2 heterocycles. The molecule has 2 aliphatic rings. The van der Waals surface area contributed by atoms with E-state index in [0.29, 0.717) is 22.5 Å². The minimum Gasteiger partial charge on any atom is -0.352 e. The van der Waals surface area contributed by atoms with Crippen LogP contribution in [0.1, 0.15) is 31.8 Å². The van der Waals surface area contributed by atoms with Crippen molar-refractivity contribution in [2.75, 3.05) is 10.6 Å². The first-order valence-corrected chi connectivity index (χ1v) is 13.2. The molecule has 0 radical (unpaired) electrons. The molecule has 5 rings (SSSR count). The predicted molar refractivity (Wildman–Crippen MR) is 131 cm³/mol. The van der Waals surface area contributed by atoms with Crippen molar-refractivity contribution in [2.24, 2.45) is 0 Å². The number of carbonyl (C=O) groups is 2. The number of fused-ring (bicyclic) bond motifs is 2. The Labute approximate surface area is 205 Å². The Morgan fingerprint density at radius 1 is 0.583 bits per heavy atom. The third kappa shape index (κ3) is 4.33. The Morgan fingerprint density at radius 2 is 0.944 bits per heavy atom. The van der Waals surface area contributed by atoms with E-state index in [1.54, 1.807) is 36.4 Å². The summed E-state index contributed by atoms with van der Waals surface area (Å²) >= 11 is 0. The number of nitrogens with one attached hydrogen (secondary N) is 2. The van der Waals surface area contributed by atoms with Gasteiger partial charge in [-0.1, -0.05) is 24.3 Å². The Hall–Kier alpha value is -4.10. The molecular weight excluding hydrogens is 508 g/mol. The zero-order valence-corrected chi connectivity index (χ0v) is 19.7. The maximum absolute atomic E-state index is 12.7. The van der Waals surface area contributed by atoms with E-state index in [1.807, 2.05) is 0 Å². The summed E-state index contributed by atoms with van der Waals surface area (Å²) in [5.41, 5.74) is 2.85. The number of allylic oxidation sites excluding steroid dienone is 2. The first-order valence-electron chi connectivity index (χ1n) is 10.3. The maximum Gasteiger partial charge on any atom is 0.294 e. The molecule has 0 atom stereocenters. The van der Waals surface area contributed by atoms with E-state index < -0.39 is 31.8 Å². The lowest BCUT2D eigenvalue weighted by molar-refractivity contribution is 0.103. The number of ketones is 2. The second kappa shape index (κ2) is 8.24. The molecule has 0 spiro atoms. The Kier molecular flexibility index (Phi) is 5.41.